The highest BCUT2D eigenvalue weighted by Gasteiger charge is 2.49. The van der Waals surface area contributed by atoms with Gasteiger partial charge >= 0.3 is 5.97 Å². The molecule has 5 aliphatic carbocycles. The number of benzene rings is 1. The van der Waals surface area contributed by atoms with Gasteiger partial charge in [0.1, 0.15) is 0 Å². The fourth-order valence-electron chi connectivity index (χ4n) is 9.04. The van der Waals surface area contributed by atoms with Crippen LogP contribution in [-0.4, -0.2) is 45.9 Å². The number of hydrogen-bond donors (Lipinski definition) is 1. The zero-order valence-corrected chi connectivity index (χ0v) is 56.9. The Morgan fingerprint density at radius 3 is 1.30 bits per heavy atom. The zero-order chi connectivity index (χ0) is 47.9. The summed E-state index contributed by atoms with van der Waals surface area (Å²) in [7, 11) is 0. The topological polar surface area (TPSA) is 37.3 Å². The van der Waals surface area contributed by atoms with E-state index >= 15 is 0 Å². The highest BCUT2D eigenvalue weighted by Crippen LogP contribution is 2.59. The van der Waals surface area contributed by atoms with Gasteiger partial charge in [-0.15, -0.1) is 11.6 Å². The van der Waals surface area contributed by atoms with E-state index in [2.05, 4.69) is 209 Å². The second-order valence-corrected chi connectivity index (χ2v) is 30.1. The Kier molecular flexibility index (Phi) is 58.5. The van der Waals surface area contributed by atoms with Gasteiger partial charge in [-0.1, -0.05) is 325 Å². The quantitative estimate of drug-likeness (QED) is 0.0602. The van der Waals surface area contributed by atoms with Crippen LogP contribution in [0, 0.1) is 17.8 Å². The molecule has 64 heavy (non-hydrogen) atoms. The van der Waals surface area contributed by atoms with Crippen LogP contribution < -0.4 is 0 Å². The molecule has 10 heteroatoms. The van der Waals surface area contributed by atoms with Crippen LogP contribution in [0.2, 0.25) is 0 Å². The Bertz CT molecular complexity index is 1030. The minimum Gasteiger partial charge on any atom is -0.481 e. The lowest BCUT2D eigenvalue weighted by molar-refractivity contribution is -0.137. The molecule has 0 unspecified atom stereocenters. The summed E-state index contributed by atoms with van der Waals surface area (Å²) >= 11 is 22.6. The molecular formula is C54H96ClI7O2. The smallest absolute Gasteiger partial charge is 0.303 e. The van der Waals surface area contributed by atoms with Crippen molar-refractivity contribution in [3.05, 3.63) is 35.9 Å². The molecule has 0 atom stereocenters. The third kappa shape index (κ3) is 51.0. The average molecular weight is 1700 g/mol. The minimum atomic E-state index is -0.660. The number of aryl methyl sites for hydroxylation is 1. The predicted octanol–water partition coefficient (Wildman–Crippen LogP) is 22.4. The number of carbonyl (C=O) groups is 1. The maximum Gasteiger partial charge on any atom is 0.303 e. The van der Waals surface area contributed by atoms with Crippen molar-refractivity contribution in [1.29, 1.82) is 0 Å². The van der Waals surface area contributed by atoms with E-state index in [1.807, 2.05) is 0 Å². The Morgan fingerprint density at radius 1 is 0.625 bits per heavy atom. The molecule has 0 spiro atoms. The van der Waals surface area contributed by atoms with Gasteiger partial charge < -0.3 is 5.11 Å². The lowest BCUT2D eigenvalue weighted by Gasteiger charge is -2.54. The van der Waals surface area contributed by atoms with E-state index in [9.17, 15) is 4.79 Å². The Labute approximate surface area is 499 Å². The van der Waals surface area contributed by atoms with Gasteiger partial charge in [-0.25, -0.2) is 0 Å². The van der Waals surface area contributed by atoms with Crippen LogP contribution in [0.15, 0.2) is 30.3 Å². The summed E-state index contributed by atoms with van der Waals surface area (Å²) in [5.74, 6) is 3.56. The van der Waals surface area contributed by atoms with Crippen molar-refractivity contribution in [2.45, 2.75) is 244 Å². The van der Waals surface area contributed by atoms with Crippen molar-refractivity contribution in [3.63, 3.8) is 0 Å². The Balaban J connectivity index is 0. The van der Waals surface area contributed by atoms with E-state index in [1.165, 1.54) is 171 Å². The zero-order valence-electron chi connectivity index (χ0n) is 41.0. The van der Waals surface area contributed by atoms with Gasteiger partial charge in [0.25, 0.3) is 0 Å². The van der Waals surface area contributed by atoms with Gasteiger partial charge in [0.05, 0.1) is 0 Å². The number of halogens is 8. The number of rotatable bonds is 25. The molecule has 6 rings (SSSR count). The SMILES string of the molecule is CC(C)I.CCCCCCCCCCCCI.ClCCCI.IC12CC3CC(CC(C3)C1)C2.IC1CCCCC1.ICCCc1ccccc1.O=C(O)CCCCCCCCCCI. The van der Waals surface area contributed by atoms with Crippen LogP contribution in [0.5, 0.6) is 0 Å². The third-order valence-corrected chi connectivity index (χ3v) is 17.9. The number of carboxylic acids is 1. The molecule has 2 nitrogen and oxygen atoms in total. The lowest BCUT2D eigenvalue weighted by atomic mass is 9.56. The molecule has 380 valence electrons. The summed E-state index contributed by atoms with van der Waals surface area (Å²) in [5, 5.41) is 8.41. The number of carboxylic acid groups (broad SMARTS) is 1. The third-order valence-electron chi connectivity index (χ3n) is 12.0. The molecule has 5 fully saturated rings. The number of hydrogen-bond acceptors (Lipinski definition) is 1. The molecule has 0 radical (unpaired) electrons. The number of alkyl halides is 8. The summed E-state index contributed by atoms with van der Waals surface area (Å²) in [4.78, 5) is 10.2. The first-order valence-corrected chi connectivity index (χ1v) is 36.1. The molecule has 5 saturated carbocycles. The second-order valence-electron chi connectivity index (χ2n) is 18.9. The predicted molar refractivity (Wildman–Crippen MR) is 352 cm³/mol. The second kappa shape index (κ2) is 53.4. The molecule has 0 aromatic heterocycles. The average Bonchev–Trinajstić information content (AvgIpc) is 3.25. The van der Waals surface area contributed by atoms with E-state index < -0.39 is 5.97 Å². The molecule has 1 aromatic rings. The standard InChI is InChI=1S/C12H25I.C11H21IO2.C10H15I.C9H11I.C6H11I.C3H6ClI.C3H7I/c1-2-3-4-5-6-7-8-9-10-11-12-13;12-10-8-6-4-2-1-3-5-7-9-11(13)14;11-10-4-7-1-8(5-10)3-9(2-7)6-10;10-8-4-7-9-5-2-1-3-6-9;7-6-4-2-1-3-5-6;4-2-1-3-5;1-3(2)4/h2-12H2,1H3;1-10H2,(H,13,14);7-9H,1-6H2;1-3,5-6H,4,7-8H2;6H,1-5H2;1-3H2;3H,1-2H3. The molecule has 5 aliphatic rings. The van der Waals surface area contributed by atoms with Gasteiger partial charge in [-0.05, 0) is 126 Å². The molecule has 1 N–H and O–H groups in total. The van der Waals surface area contributed by atoms with E-state index in [-0.39, 0.29) is 0 Å². The minimum absolute atomic E-state index is 0.342. The van der Waals surface area contributed by atoms with E-state index in [0.29, 0.717) is 6.42 Å². The van der Waals surface area contributed by atoms with Crippen molar-refractivity contribution in [2.75, 3.05) is 23.6 Å². The lowest BCUT2D eigenvalue weighted by Crippen LogP contribution is -2.46. The first-order chi connectivity index (χ1) is 30.9. The molecule has 0 amide bonds. The van der Waals surface area contributed by atoms with Crippen LogP contribution in [0.4, 0.5) is 0 Å². The van der Waals surface area contributed by atoms with E-state index in [1.54, 1.807) is 38.5 Å². The summed E-state index contributed by atoms with van der Waals surface area (Å²) in [5.41, 5.74) is 1.46. The van der Waals surface area contributed by atoms with Crippen LogP contribution in [0.3, 0.4) is 0 Å². The first-order valence-electron chi connectivity index (χ1n) is 25.9. The van der Waals surface area contributed by atoms with Crippen molar-refractivity contribution in [3.8, 4) is 0 Å². The molecule has 4 bridgehead atoms. The van der Waals surface area contributed by atoms with Crippen LogP contribution in [-0.2, 0) is 11.2 Å². The Hall–Kier alpha value is 4.09. The fourth-order valence-corrected chi connectivity index (χ4v) is 14.2. The monoisotopic (exact) mass is 1700 g/mol. The highest BCUT2D eigenvalue weighted by molar-refractivity contribution is 14.1. The van der Waals surface area contributed by atoms with Crippen LogP contribution in [0.25, 0.3) is 0 Å². The maximum absolute atomic E-state index is 10.2. The van der Waals surface area contributed by atoms with Gasteiger partial charge in [-0.3, -0.25) is 4.79 Å². The molecular weight excluding hydrogens is 1600 g/mol. The molecule has 0 saturated heterocycles. The summed E-state index contributed by atoms with van der Waals surface area (Å²) in [6.45, 7) is 6.59. The number of unbranched alkanes of at least 4 members (excludes halogenated alkanes) is 16. The first kappa shape index (κ1) is 70.2. The van der Waals surface area contributed by atoms with Gasteiger partial charge in [-0.2, -0.15) is 0 Å². The molecule has 0 heterocycles. The number of aliphatic carboxylic acids is 1. The highest BCUT2D eigenvalue weighted by atomic mass is 127. The van der Waals surface area contributed by atoms with Crippen molar-refractivity contribution >= 4 is 176 Å². The summed E-state index contributed by atoms with van der Waals surface area (Å²) in [6, 6.07) is 10.6. The van der Waals surface area contributed by atoms with Gasteiger partial charge in [0, 0.05) is 28.0 Å². The van der Waals surface area contributed by atoms with E-state index in [4.69, 9.17) is 16.7 Å². The van der Waals surface area contributed by atoms with Gasteiger partial charge in [0.2, 0.25) is 0 Å². The molecule has 0 aliphatic heterocycles. The van der Waals surface area contributed by atoms with Gasteiger partial charge in [0.15, 0.2) is 0 Å². The van der Waals surface area contributed by atoms with Crippen molar-refractivity contribution in [2.24, 2.45) is 17.8 Å². The summed E-state index contributed by atoms with van der Waals surface area (Å²) in [6.07, 6.45) is 45.1. The van der Waals surface area contributed by atoms with Crippen molar-refractivity contribution in [1.82, 2.24) is 0 Å². The summed E-state index contributed by atoms with van der Waals surface area (Å²) < 4.78 is 7.63. The maximum atomic E-state index is 10.2. The molecule has 1 aromatic carbocycles. The normalized spacial score (nSPS) is 20.3. The fraction of sp³-hybridized carbons (Fsp3) is 0.870. The van der Waals surface area contributed by atoms with E-state index in [0.717, 1.165) is 54.2 Å². The van der Waals surface area contributed by atoms with Crippen molar-refractivity contribution < 1.29 is 9.90 Å². The Morgan fingerprint density at radius 2 is 1.00 bits per heavy atom. The van der Waals surface area contributed by atoms with Crippen LogP contribution in [0.1, 0.15) is 232 Å². The largest absolute Gasteiger partial charge is 0.481 e. The van der Waals surface area contributed by atoms with Crippen LogP contribution >= 0.6 is 170 Å².